The van der Waals surface area contributed by atoms with Crippen LogP contribution >= 0.6 is 0 Å². The van der Waals surface area contributed by atoms with Gasteiger partial charge < -0.3 is 10.1 Å². The minimum absolute atomic E-state index is 0.0691. The van der Waals surface area contributed by atoms with Crippen molar-refractivity contribution in [1.82, 2.24) is 5.32 Å². The molecule has 0 aromatic heterocycles. The minimum atomic E-state index is -0.393. The van der Waals surface area contributed by atoms with E-state index in [0.29, 0.717) is 12.3 Å². The van der Waals surface area contributed by atoms with Gasteiger partial charge in [-0.25, -0.2) is 0 Å². The standard InChI is InChI=1S/C15H20N2O3/c1-20-15-9-13(8-14(10-15)17(18)19)11-16-7-6-12-4-2-3-5-12/h4,8-10,16H,2-3,5-7,11H2,1H3. The molecule has 1 aliphatic rings. The Morgan fingerprint density at radius 2 is 2.25 bits per heavy atom. The lowest BCUT2D eigenvalue weighted by molar-refractivity contribution is -0.385. The first kappa shape index (κ1) is 14.5. The van der Waals surface area contributed by atoms with Crippen LogP contribution < -0.4 is 10.1 Å². The molecule has 2 rings (SSSR count). The molecule has 0 saturated heterocycles. The molecule has 0 amide bonds. The van der Waals surface area contributed by atoms with Crippen LogP contribution in [0.2, 0.25) is 0 Å². The van der Waals surface area contributed by atoms with Crippen LogP contribution in [-0.2, 0) is 6.54 Å². The summed E-state index contributed by atoms with van der Waals surface area (Å²) in [4.78, 5) is 10.5. The fraction of sp³-hybridized carbons (Fsp3) is 0.467. The van der Waals surface area contributed by atoms with E-state index in [1.807, 2.05) is 6.07 Å². The van der Waals surface area contributed by atoms with E-state index in [4.69, 9.17) is 4.74 Å². The van der Waals surface area contributed by atoms with Gasteiger partial charge >= 0.3 is 0 Å². The molecule has 0 spiro atoms. The molecule has 1 N–H and O–H groups in total. The van der Waals surface area contributed by atoms with E-state index in [9.17, 15) is 10.1 Å². The first-order valence-corrected chi connectivity index (χ1v) is 6.90. The third kappa shape index (κ3) is 4.06. The van der Waals surface area contributed by atoms with Crippen LogP contribution in [0.3, 0.4) is 0 Å². The fourth-order valence-corrected chi connectivity index (χ4v) is 2.41. The second kappa shape index (κ2) is 7.05. The lowest BCUT2D eigenvalue weighted by Crippen LogP contribution is -2.15. The molecule has 0 aliphatic heterocycles. The van der Waals surface area contributed by atoms with E-state index < -0.39 is 4.92 Å². The van der Waals surface area contributed by atoms with Crippen LogP contribution in [0.15, 0.2) is 29.8 Å². The van der Waals surface area contributed by atoms with Crippen LogP contribution in [0.1, 0.15) is 31.2 Å². The monoisotopic (exact) mass is 276 g/mol. The molecule has 5 nitrogen and oxygen atoms in total. The van der Waals surface area contributed by atoms with Gasteiger partial charge in [0.15, 0.2) is 0 Å². The maximum Gasteiger partial charge on any atom is 0.273 e. The first-order chi connectivity index (χ1) is 9.69. The van der Waals surface area contributed by atoms with Crippen molar-refractivity contribution in [3.63, 3.8) is 0 Å². The maximum absolute atomic E-state index is 10.8. The Kier molecular flexibility index (Phi) is 5.12. The van der Waals surface area contributed by atoms with Crippen LogP contribution in [0.4, 0.5) is 5.69 Å². The largest absolute Gasteiger partial charge is 0.496 e. The highest BCUT2D eigenvalue weighted by atomic mass is 16.6. The molecule has 0 atom stereocenters. The minimum Gasteiger partial charge on any atom is -0.496 e. The smallest absolute Gasteiger partial charge is 0.273 e. The van der Waals surface area contributed by atoms with Crippen molar-refractivity contribution in [2.75, 3.05) is 13.7 Å². The van der Waals surface area contributed by atoms with Crippen molar-refractivity contribution in [3.8, 4) is 5.75 Å². The molecule has 1 aromatic carbocycles. The maximum atomic E-state index is 10.8. The third-order valence-electron chi connectivity index (χ3n) is 3.48. The van der Waals surface area contributed by atoms with Gasteiger partial charge in [-0.05, 0) is 43.9 Å². The van der Waals surface area contributed by atoms with Gasteiger partial charge in [0.1, 0.15) is 5.75 Å². The zero-order valence-electron chi connectivity index (χ0n) is 11.7. The van der Waals surface area contributed by atoms with Crippen molar-refractivity contribution < 1.29 is 9.66 Å². The van der Waals surface area contributed by atoms with Crippen molar-refractivity contribution in [3.05, 3.63) is 45.5 Å². The summed E-state index contributed by atoms with van der Waals surface area (Å²) in [6.07, 6.45) is 7.07. The highest BCUT2D eigenvalue weighted by molar-refractivity contribution is 5.42. The SMILES string of the molecule is COc1cc(CNCCC2=CCCC2)cc([N+](=O)[O-])c1. The second-order valence-corrected chi connectivity index (χ2v) is 4.98. The van der Waals surface area contributed by atoms with Gasteiger partial charge in [-0.2, -0.15) is 0 Å². The Balaban J connectivity index is 1.88. The molecule has 0 fully saturated rings. The van der Waals surface area contributed by atoms with Crippen LogP contribution in [0, 0.1) is 10.1 Å². The quantitative estimate of drug-likeness (QED) is 0.359. The molecule has 1 aromatic rings. The summed E-state index contributed by atoms with van der Waals surface area (Å²) in [7, 11) is 1.52. The zero-order chi connectivity index (χ0) is 14.4. The summed E-state index contributed by atoms with van der Waals surface area (Å²) in [5.74, 6) is 0.523. The normalized spacial score (nSPS) is 14.2. The molecular formula is C15H20N2O3. The molecule has 0 bridgehead atoms. The zero-order valence-corrected chi connectivity index (χ0v) is 11.7. The number of nitro groups is 1. The summed E-state index contributed by atoms with van der Waals surface area (Å²) in [6, 6.07) is 4.85. The van der Waals surface area contributed by atoms with E-state index in [-0.39, 0.29) is 5.69 Å². The summed E-state index contributed by atoms with van der Waals surface area (Å²) in [6.45, 7) is 1.52. The molecule has 0 radical (unpaired) electrons. The van der Waals surface area contributed by atoms with E-state index in [1.54, 1.807) is 6.07 Å². The first-order valence-electron chi connectivity index (χ1n) is 6.90. The van der Waals surface area contributed by atoms with Crippen molar-refractivity contribution in [1.29, 1.82) is 0 Å². The molecule has 0 saturated carbocycles. The number of methoxy groups -OCH3 is 1. The van der Waals surface area contributed by atoms with Crippen molar-refractivity contribution in [2.45, 2.75) is 32.2 Å². The number of ether oxygens (including phenoxy) is 1. The Morgan fingerprint density at radius 3 is 2.90 bits per heavy atom. The number of nitrogens with zero attached hydrogens (tertiary/aromatic N) is 1. The molecule has 5 heteroatoms. The summed E-state index contributed by atoms with van der Waals surface area (Å²) in [5, 5.41) is 14.2. The number of rotatable bonds is 7. The molecule has 20 heavy (non-hydrogen) atoms. The van der Waals surface area contributed by atoms with E-state index in [0.717, 1.165) is 18.5 Å². The van der Waals surface area contributed by atoms with Gasteiger partial charge in [0.2, 0.25) is 0 Å². The molecule has 0 heterocycles. The van der Waals surface area contributed by atoms with Crippen LogP contribution in [0.25, 0.3) is 0 Å². The Labute approximate surface area is 118 Å². The van der Waals surface area contributed by atoms with Crippen molar-refractivity contribution in [2.24, 2.45) is 0 Å². The molecular weight excluding hydrogens is 256 g/mol. The number of non-ortho nitro benzene ring substituents is 1. The Bertz CT molecular complexity index is 512. The van der Waals surface area contributed by atoms with Crippen molar-refractivity contribution >= 4 is 5.69 Å². The summed E-state index contributed by atoms with van der Waals surface area (Å²) >= 11 is 0. The van der Waals surface area contributed by atoms with Crippen LogP contribution in [0.5, 0.6) is 5.75 Å². The molecule has 0 unspecified atom stereocenters. The molecule has 1 aliphatic carbocycles. The number of nitrogens with one attached hydrogen (secondary N) is 1. The number of hydrogen-bond acceptors (Lipinski definition) is 4. The predicted molar refractivity (Wildman–Crippen MR) is 77.9 cm³/mol. The van der Waals surface area contributed by atoms with Crippen LogP contribution in [-0.4, -0.2) is 18.6 Å². The lowest BCUT2D eigenvalue weighted by Gasteiger charge is -2.07. The van der Waals surface area contributed by atoms with E-state index in [1.165, 1.54) is 38.0 Å². The van der Waals surface area contributed by atoms with Gasteiger partial charge in [-0.3, -0.25) is 10.1 Å². The van der Waals surface area contributed by atoms with Gasteiger partial charge in [-0.1, -0.05) is 11.6 Å². The number of hydrogen-bond donors (Lipinski definition) is 1. The number of nitro benzene ring substituents is 1. The van der Waals surface area contributed by atoms with Gasteiger partial charge in [0.05, 0.1) is 18.1 Å². The average Bonchev–Trinajstić information content (AvgIpc) is 2.96. The topological polar surface area (TPSA) is 64.4 Å². The van der Waals surface area contributed by atoms with Gasteiger partial charge in [-0.15, -0.1) is 0 Å². The summed E-state index contributed by atoms with van der Waals surface area (Å²) in [5.41, 5.74) is 2.46. The summed E-state index contributed by atoms with van der Waals surface area (Å²) < 4.78 is 5.09. The lowest BCUT2D eigenvalue weighted by atomic mass is 10.1. The molecule has 108 valence electrons. The van der Waals surface area contributed by atoms with Gasteiger partial charge in [0, 0.05) is 12.6 Å². The average molecular weight is 276 g/mol. The van der Waals surface area contributed by atoms with E-state index >= 15 is 0 Å². The Hall–Kier alpha value is -1.88. The number of allylic oxidation sites excluding steroid dienone is 1. The van der Waals surface area contributed by atoms with Gasteiger partial charge in [0.25, 0.3) is 5.69 Å². The highest BCUT2D eigenvalue weighted by Crippen LogP contribution is 2.23. The Morgan fingerprint density at radius 1 is 1.40 bits per heavy atom. The third-order valence-corrected chi connectivity index (χ3v) is 3.48. The fourth-order valence-electron chi connectivity index (χ4n) is 2.41. The predicted octanol–water partition coefficient (Wildman–Crippen LogP) is 3.19. The van der Waals surface area contributed by atoms with E-state index in [2.05, 4.69) is 11.4 Å². The highest BCUT2D eigenvalue weighted by Gasteiger charge is 2.10. The second-order valence-electron chi connectivity index (χ2n) is 4.98. The number of benzene rings is 1.